The number of para-hydroxylation sites is 1. The summed E-state index contributed by atoms with van der Waals surface area (Å²) in [5.41, 5.74) is 1.61. The van der Waals surface area contributed by atoms with E-state index in [4.69, 9.17) is 4.74 Å². The molecule has 0 spiro atoms. The first kappa shape index (κ1) is 16.6. The van der Waals surface area contributed by atoms with Crippen LogP contribution in [0.5, 0.6) is 0 Å². The third kappa shape index (κ3) is 4.34. The van der Waals surface area contributed by atoms with Gasteiger partial charge < -0.3 is 15.0 Å². The maximum absolute atomic E-state index is 12.9. The van der Waals surface area contributed by atoms with Crippen LogP contribution < -0.4 is 5.32 Å². The van der Waals surface area contributed by atoms with Gasteiger partial charge in [-0.25, -0.2) is 0 Å². The average molecular weight is 302 g/mol. The number of rotatable bonds is 7. The van der Waals surface area contributed by atoms with Gasteiger partial charge in [0.1, 0.15) is 0 Å². The molecule has 4 heteroatoms. The van der Waals surface area contributed by atoms with Gasteiger partial charge >= 0.3 is 0 Å². The summed E-state index contributed by atoms with van der Waals surface area (Å²) < 4.78 is 5.40. The van der Waals surface area contributed by atoms with Gasteiger partial charge in [-0.3, -0.25) is 4.79 Å². The van der Waals surface area contributed by atoms with E-state index in [9.17, 15) is 4.79 Å². The standard InChI is InChI=1S/C18H26N2O2/c1-3-11-19-17-8-6-5-7-16(17)18(21)20(4-2)14-15-9-12-22-13-10-15/h3,5-8,15,19H,1,4,9-14H2,2H3. The molecule has 0 saturated carbocycles. The zero-order valence-electron chi connectivity index (χ0n) is 13.4. The molecule has 1 aromatic rings. The fourth-order valence-electron chi connectivity index (χ4n) is 2.77. The number of anilines is 1. The lowest BCUT2D eigenvalue weighted by Gasteiger charge is -2.29. The highest BCUT2D eigenvalue weighted by Crippen LogP contribution is 2.21. The summed E-state index contributed by atoms with van der Waals surface area (Å²) in [5, 5.41) is 3.24. The lowest BCUT2D eigenvalue weighted by Crippen LogP contribution is -2.37. The van der Waals surface area contributed by atoms with Gasteiger partial charge in [0.2, 0.25) is 0 Å². The third-order valence-corrected chi connectivity index (χ3v) is 4.08. The summed E-state index contributed by atoms with van der Waals surface area (Å²) in [6, 6.07) is 7.69. The Kier molecular flexibility index (Phi) is 6.46. The van der Waals surface area contributed by atoms with Crippen LogP contribution in [0.15, 0.2) is 36.9 Å². The molecule has 1 amide bonds. The second-order valence-electron chi connectivity index (χ2n) is 5.61. The second kappa shape index (κ2) is 8.59. The van der Waals surface area contributed by atoms with Crippen molar-refractivity contribution in [2.45, 2.75) is 19.8 Å². The summed E-state index contributed by atoms with van der Waals surface area (Å²) in [6.45, 7) is 9.57. The van der Waals surface area contributed by atoms with Crippen molar-refractivity contribution in [3.63, 3.8) is 0 Å². The minimum Gasteiger partial charge on any atom is -0.381 e. The maximum atomic E-state index is 12.9. The van der Waals surface area contributed by atoms with E-state index >= 15 is 0 Å². The van der Waals surface area contributed by atoms with Crippen LogP contribution in [0.1, 0.15) is 30.1 Å². The molecule has 1 N–H and O–H groups in total. The monoisotopic (exact) mass is 302 g/mol. The van der Waals surface area contributed by atoms with Crippen molar-refractivity contribution < 1.29 is 9.53 Å². The highest BCUT2D eigenvalue weighted by atomic mass is 16.5. The molecular formula is C18H26N2O2. The molecule has 2 rings (SSSR count). The summed E-state index contributed by atoms with van der Waals surface area (Å²) in [4.78, 5) is 14.8. The molecule has 22 heavy (non-hydrogen) atoms. The molecule has 1 aliphatic rings. The number of hydrogen-bond donors (Lipinski definition) is 1. The van der Waals surface area contributed by atoms with Gasteiger partial charge in [-0.05, 0) is 37.8 Å². The number of hydrogen-bond acceptors (Lipinski definition) is 3. The van der Waals surface area contributed by atoms with E-state index in [-0.39, 0.29) is 5.91 Å². The maximum Gasteiger partial charge on any atom is 0.255 e. The van der Waals surface area contributed by atoms with Crippen LogP contribution in [0.4, 0.5) is 5.69 Å². The molecule has 0 bridgehead atoms. The first-order chi connectivity index (χ1) is 10.8. The quantitative estimate of drug-likeness (QED) is 0.787. The van der Waals surface area contributed by atoms with E-state index in [1.165, 1.54) is 0 Å². The minimum absolute atomic E-state index is 0.0983. The largest absolute Gasteiger partial charge is 0.381 e. The van der Waals surface area contributed by atoms with Crippen molar-refractivity contribution in [2.75, 3.05) is 38.2 Å². The van der Waals surface area contributed by atoms with E-state index in [1.54, 1.807) is 6.08 Å². The van der Waals surface area contributed by atoms with Crippen molar-refractivity contribution in [1.82, 2.24) is 4.90 Å². The number of benzene rings is 1. The Hall–Kier alpha value is -1.81. The summed E-state index contributed by atoms with van der Waals surface area (Å²) in [7, 11) is 0. The Labute approximate surface area is 133 Å². The summed E-state index contributed by atoms with van der Waals surface area (Å²) in [5.74, 6) is 0.645. The Morgan fingerprint density at radius 3 is 2.82 bits per heavy atom. The van der Waals surface area contributed by atoms with E-state index in [0.29, 0.717) is 12.5 Å². The number of carbonyl (C=O) groups is 1. The van der Waals surface area contributed by atoms with Crippen LogP contribution >= 0.6 is 0 Å². The molecule has 0 aromatic heterocycles. The van der Waals surface area contributed by atoms with Crippen LogP contribution in [0.2, 0.25) is 0 Å². The number of carbonyl (C=O) groups excluding carboxylic acids is 1. The number of nitrogens with zero attached hydrogens (tertiary/aromatic N) is 1. The van der Waals surface area contributed by atoms with E-state index in [0.717, 1.165) is 50.4 Å². The van der Waals surface area contributed by atoms with Gasteiger partial charge in [0.15, 0.2) is 0 Å². The molecule has 1 aliphatic heterocycles. The van der Waals surface area contributed by atoms with Crippen LogP contribution in [-0.2, 0) is 4.74 Å². The van der Waals surface area contributed by atoms with Crippen molar-refractivity contribution >= 4 is 11.6 Å². The third-order valence-electron chi connectivity index (χ3n) is 4.08. The van der Waals surface area contributed by atoms with E-state index in [1.807, 2.05) is 36.1 Å². The predicted octanol–water partition coefficient (Wildman–Crippen LogP) is 3.17. The van der Waals surface area contributed by atoms with Crippen LogP contribution in [0.3, 0.4) is 0 Å². The van der Waals surface area contributed by atoms with Crippen molar-refractivity contribution in [2.24, 2.45) is 5.92 Å². The van der Waals surface area contributed by atoms with Crippen LogP contribution in [0.25, 0.3) is 0 Å². The van der Waals surface area contributed by atoms with Crippen molar-refractivity contribution in [1.29, 1.82) is 0 Å². The lowest BCUT2D eigenvalue weighted by atomic mass is 9.99. The Morgan fingerprint density at radius 1 is 1.41 bits per heavy atom. The number of nitrogens with one attached hydrogen (secondary N) is 1. The molecule has 0 atom stereocenters. The highest BCUT2D eigenvalue weighted by Gasteiger charge is 2.22. The smallest absolute Gasteiger partial charge is 0.255 e. The summed E-state index contributed by atoms with van der Waals surface area (Å²) in [6.07, 6.45) is 3.88. The normalized spacial score (nSPS) is 15.3. The molecule has 0 aliphatic carbocycles. The zero-order valence-corrected chi connectivity index (χ0v) is 13.4. The van der Waals surface area contributed by atoms with Gasteiger partial charge in [-0.15, -0.1) is 6.58 Å². The SMILES string of the molecule is C=CCNc1ccccc1C(=O)N(CC)CC1CCOCC1. The molecule has 1 saturated heterocycles. The summed E-state index contributed by atoms with van der Waals surface area (Å²) >= 11 is 0. The molecule has 1 heterocycles. The fourth-order valence-corrected chi connectivity index (χ4v) is 2.77. The average Bonchev–Trinajstić information content (AvgIpc) is 2.58. The van der Waals surface area contributed by atoms with Gasteiger partial charge in [-0.2, -0.15) is 0 Å². The molecular weight excluding hydrogens is 276 g/mol. The molecule has 1 fully saturated rings. The Balaban J connectivity index is 2.08. The predicted molar refractivity (Wildman–Crippen MR) is 90.2 cm³/mol. The number of ether oxygens (including phenoxy) is 1. The van der Waals surface area contributed by atoms with Crippen molar-refractivity contribution in [3.05, 3.63) is 42.5 Å². The molecule has 4 nitrogen and oxygen atoms in total. The van der Waals surface area contributed by atoms with Crippen LogP contribution in [-0.4, -0.2) is 43.7 Å². The minimum atomic E-state index is 0.0983. The Bertz CT molecular complexity index is 496. The topological polar surface area (TPSA) is 41.6 Å². The lowest BCUT2D eigenvalue weighted by molar-refractivity contribution is 0.0467. The highest BCUT2D eigenvalue weighted by molar-refractivity contribution is 5.99. The molecule has 0 radical (unpaired) electrons. The zero-order chi connectivity index (χ0) is 15.8. The molecule has 0 unspecified atom stereocenters. The van der Waals surface area contributed by atoms with E-state index in [2.05, 4.69) is 11.9 Å². The van der Waals surface area contributed by atoms with Gasteiger partial charge in [0, 0.05) is 38.5 Å². The molecule has 120 valence electrons. The van der Waals surface area contributed by atoms with Gasteiger partial charge in [-0.1, -0.05) is 18.2 Å². The number of amides is 1. The van der Waals surface area contributed by atoms with E-state index < -0.39 is 0 Å². The molecule has 1 aromatic carbocycles. The van der Waals surface area contributed by atoms with Crippen LogP contribution in [0, 0.1) is 5.92 Å². The Morgan fingerprint density at radius 2 is 2.14 bits per heavy atom. The second-order valence-corrected chi connectivity index (χ2v) is 5.61. The first-order valence-corrected chi connectivity index (χ1v) is 8.07. The van der Waals surface area contributed by atoms with Gasteiger partial charge in [0.25, 0.3) is 5.91 Å². The van der Waals surface area contributed by atoms with Gasteiger partial charge in [0.05, 0.1) is 5.56 Å². The van der Waals surface area contributed by atoms with Crippen molar-refractivity contribution in [3.8, 4) is 0 Å². The first-order valence-electron chi connectivity index (χ1n) is 8.07. The fraction of sp³-hybridized carbons (Fsp3) is 0.500.